The van der Waals surface area contributed by atoms with Gasteiger partial charge in [-0.3, -0.25) is 9.69 Å². The van der Waals surface area contributed by atoms with Gasteiger partial charge in [0.15, 0.2) is 0 Å². The second kappa shape index (κ2) is 6.06. The first kappa shape index (κ1) is 14.4. The smallest absolute Gasteiger partial charge is 0.237 e. The Morgan fingerprint density at radius 3 is 2.48 bits per heavy atom. The number of hydrogen-bond donors (Lipinski definition) is 1. The van der Waals surface area contributed by atoms with Crippen molar-refractivity contribution in [3.05, 3.63) is 29.8 Å². The van der Waals surface area contributed by atoms with Crippen molar-refractivity contribution < 1.29 is 4.79 Å². The third kappa shape index (κ3) is 3.38. The number of hydrogen-bond acceptors (Lipinski definition) is 3. The highest BCUT2D eigenvalue weighted by molar-refractivity contribution is 5.81. The van der Waals surface area contributed by atoms with Crippen LogP contribution in [-0.4, -0.2) is 49.1 Å². The fraction of sp³-hybridized carbons (Fsp3) is 0.588. The van der Waals surface area contributed by atoms with E-state index in [9.17, 15) is 4.79 Å². The molecule has 1 amide bonds. The van der Waals surface area contributed by atoms with Gasteiger partial charge in [0, 0.05) is 37.9 Å². The van der Waals surface area contributed by atoms with E-state index < -0.39 is 0 Å². The predicted octanol–water partition coefficient (Wildman–Crippen LogP) is 1.78. The van der Waals surface area contributed by atoms with Crippen molar-refractivity contribution >= 4 is 11.6 Å². The molecule has 0 radical (unpaired) electrons. The molecule has 4 nitrogen and oxygen atoms in total. The first-order valence-electron chi connectivity index (χ1n) is 8.00. The maximum Gasteiger partial charge on any atom is 0.237 e. The molecule has 1 aromatic rings. The SMILES string of the molecule is Cc1ccccc1N1CCN([C@H](C)C(=O)NC2CC2)CC1. The number of anilines is 1. The lowest BCUT2D eigenvalue weighted by Gasteiger charge is -2.39. The van der Waals surface area contributed by atoms with Crippen molar-refractivity contribution in [3.8, 4) is 0 Å². The summed E-state index contributed by atoms with van der Waals surface area (Å²) in [4.78, 5) is 16.9. The summed E-state index contributed by atoms with van der Waals surface area (Å²) >= 11 is 0. The third-order valence-electron chi connectivity index (χ3n) is 4.62. The van der Waals surface area contributed by atoms with Crippen molar-refractivity contribution in [2.24, 2.45) is 0 Å². The number of nitrogens with one attached hydrogen (secondary N) is 1. The lowest BCUT2D eigenvalue weighted by molar-refractivity contribution is -0.126. The van der Waals surface area contributed by atoms with E-state index in [1.807, 2.05) is 6.92 Å². The van der Waals surface area contributed by atoms with Gasteiger partial charge in [0.2, 0.25) is 5.91 Å². The Morgan fingerprint density at radius 1 is 1.19 bits per heavy atom. The number of amides is 1. The minimum absolute atomic E-state index is 0.00961. The summed E-state index contributed by atoms with van der Waals surface area (Å²) in [5.41, 5.74) is 2.65. The van der Waals surface area contributed by atoms with Gasteiger partial charge in [-0.25, -0.2) is 0 Å². The van der Waals surface area contributed by atoms with Gasteiger partial charge in [0.25, 0.3) is 0 Å². The average molecular weight is 287 g/mol. The molecule has 0 spiro atoms. The second-order valence-corrected chi connectivity index (χ2v) is 6.27. The van der Waals surface area contributed by atoms with Crippen LogP contribution in [0.1, 0.15) is 25.3 Å². The molecule has 0 unspecified atom stereocenters. The first-order chi connectivity index (χ1) is 10.1. The minimum Gasteiger partial charge on any atom is -0.369 e. The predicted molar refractivity (Wildman–Crippen MR) is 85.6 cm³/mol. The van der Waals surface area contributed by atoms with Crippen LogP contribution in [0.25, 0.3) is 0 Å². The molecule has 1 aliphatic carbocycles. The van der Waals surface area contributed by atoms with Crippen molar-refractivity contribution in [1.82, 2.24) is 10.2 Å². The fourth-order valence-corrected chi connectivity index (χ4v) is 2.98. The zero-order valence-corrected chi connectivity index (χ0v) is 13.0. The summed E-state index contributed by atoms with van der Waals surface area (Å²) in [7, 11) is 0. The maximum atomic E-state index is 12.1. The highest BCUT2D eigenvalue weighted by atomic mass is 16.2. The number of carbonyl (C=O) groups excluding carboxylic acids is 1. The van der Waals surface area contributed by atoms with Gasteiger partial charge >= 0.3 is 0 Å². The Morgan fingerprint density at radius 2 is 1.86 bits per heavy atom. The number of carbonyl (C=O) groups is 1. The minimum atomic E-state index is -0.00961. The van der Waals surface area contributed by atoms with E-state index in [4.69, 9.17) is 0 Å². The Labute approximate surface area is 127 Å². The molecular weight excluding hydrogens is 262 g/mol. The molecule has 1 saturated carbocycles. The normalized spacial score (nSPS) is 21.1. The lowest BCUT2D eigenvalue weighted by Crippen LogP contribution is -2.54. The van der Waals surface area contributed by atoms with Crippen LogP contribution >= 0.6 is 0 Å². The summed E-state index contributed by atoms with van der Waals surface area (Å²) in [5, 5.41) is 3.11. The van der Waals surface area contributed by atoms with Crippen molar-refractivity contribution in [1.29, 1.82) is 0 Å². The molecule has 0 aromatic heterocycles. The van der Waals surface area contributed by atoms with Gasteiger partial charge in [0.05, 0.1) is 6.04 Å². The van der Waals surface area contributed by atoms with E-state index in [0.717, 1.165) is 39.0 Å². The van der Waals surface area contributed by atoms with Crippen LogP contribution in [0.2, 0.25) is 0 Å². The highest BCUT2D eigenvalue weighted by Crippen LogP contribution is 2.22. The van der Waals surface area contributed by atoms with E-state index in [0.29, 0.717) is 6.04 Å². The van der Waals surface area contributed by atoms with Gasteiger partial charge in [-0.2, -0.15) is 0 Å². The number of piperazine rings is 1. The van der Waals surface area contributed by atoms with Crippen LogP contribution in [0.4, 0.5) is 5.69 Å². The van der Waals surface area contributed by atoms with E-state index >= 15 is 0 Å². The number of aryl methyl sites for hydroxylation is 1. The standard InChI is InChI=1S/C17H25N3O/c1-13-5-3-4-6-16(13)20-11-9-19(10-12-20)14(2)17(21)18-15-7-8-15/h3-6,14-15H,7-12H2,1-2H3,(H,18,21)/t14-/m1/s1. The molecule has 1 N–H and O–H groups in total. The number of nitrogens with zero attached hydrogens (tertiary/aromatic N) is 2. The summed E-state index contributed by atoms with van der Waals surface area (Å²) in [6.07, 6.45) is 2.30. The van der Waals surface area contributed by atoms with Crippen molar-refractivity contribution in [2.45, 2.75) is 38.8 Å². The molecule has 114 valence electrons. The Hall–Kier alpha value is -1.55. The number of rotatable bonds is 4. The van der Waals surface area contributed by atoms with Crippen LogP contribution in [0.5, 0.6) is 0 Å². The van der Waals surface area contributed by atoms with Crippen molar-refractivity contribution in [3.63, 3.8) is 0 Å². The molecule has 21 heavy (non-hydrogen) atoms. The van der Waals surface area contributed by atoms with E-state index in [1.165, 1.54) is 11.3 Å². The molecule has 0 bridgehead atoms. The first-order valence-corrected chi connectivity index (χ1v) is 8.00. The van der Waals surface area contributed by atoms with Crippen molar-refractivity contribution in [2.75, 3.05) is 31.1 Å². The van der Waals surface area contributed by atoms with Gasteiger partial charge in [0.1, 0.15) is 0 Å². The van der Waals surface area contributed by atoms with Gasteiger partial charge < -0.3 is 10.2 Å². The summed E-state index contributed by atoms with van der Waals surface area (Å²) in [5.74, 6) is 0.196. The molecule has 1 aromatic carbocycles. The molecule has 4 heteroatoms. The summed E-state index contributed by atoms with van der Waals surface area (Å²) in [6.45, 7) is 8.08. The second-order valence-electron chi connectivity index (χ2n) is 6.27. The Kier molecular flexibility index (Phi) is 4.15. The molecule has 2 fully saturated rings. The van der Waals surface area contributed by atoms with E-state index in [-0.39, 0.29) is 11.9 Å². The average Bonchev–Trinajstić information content (AvgIpc) is 3.31. The van der Waals surface area contributed by atoms with Crippen LogP contribution in [-0.2, 0) is 4.79 Å². The third-order valence-corrected chi connectivity index (χ3v) is 4.62. The molecule has 1 heterocycles. The van der Waals surface area contributed by atoms with Gasteiger partial charge in [-0.05, 0) is 38.3 Å². The lowest BCUT2D eigenvalue weighted by atomic mass is 10.1. The molecular formula is C17H25N3O. The van der Waals surface area contributed by atoms with E-state index in [1.54, 1.807) is 0 Å². The Balaban J connectivity index is 1.54. The molecule has 1 saturated heterocycles. The molecule has 2 aliphatic rings. The van der Waals surface area contributed by atoms with Gasteiger partial charge in [-0.15, -0.1) is 0 Å². The van der Waals surface area contributed by atoms with E-state index in [2.05, 4.69) is 46.3 Å². The topological polar surface area (TPSA) is 35.6 Å². The fourth-order valence-electron chi connectivity index (χ4n) is 2.98. The molecule has 3 rings (SSSR count). The summed E-state index contributed by atoms with van der Waals surface area (Å²) in [6, 6.07) is 8.97. The number of benzene rings is 1. The van der Waals surface area contributed by atoms with Crippen LogP contribution in [0.15, 0.2) is 24.3 Å². The van der Waals surface area contributed by atoms with Gasteiger partial charge in [-0.1, -0.05) is 18.2 Å². The van der Waals surface area contributed by atoms with Crippen LogP contribution < -0.4 is 10.2 Å². The van der Waals surface area contributed by atoms with Crippen LogP contribution in [0, 0.1) is 6.92 Å². The summed E-state index contributed by atoms with van der Waals surface area (Å²) < 4.78 is 0. The molecule has 1 atom stereocenters. The number of para-hydroxylation sites is 1. The maximum absolute atomic E-state index is 12.1. The molecule has 1 aliphatic heterocycles. The van der Waals surface area contributed by atoms with Crippen LogP contribution in [0.3, 0.4) is 0 Å². The highest BCUT2D eigenvalue weighted by Gasteiger charge is 2.30. The quantitative estimate of drug-likeness (QED) is 0.917. The zero-order chi connectivity index (χ0) is 14.8. The zero-order valence-electron chi connectivity index (χ0n) is 13.0. The Bertz CT molecular complexity index is 505. The monoisotopic (exact) mass is 287 g/mol. The largest absolute Gasteiger partial charge is 0.369 e.